The van der Waals surface area contributed by atoms with Crippen LogP contribution in [0.1, 0.15) is 38.3 Å². The number of imidazole rings is 1. The van der Waals surface area contributed by atoms with Crippen LogP contribution in [0.2, 0.25) is 0 Å². The van der Waals surface area contributed by atoms with Gasteiger partial charge in [0.2, 0.25) is 0 Å². The summed E-state index contributed by atoms with van der Waals surface area (Å²) < 4.78 is 44.8. The number of urea groups is 1. The topological polar surface area (TPSA) is 71.8 Å². The fraction of sp³-hybridized carbons (Fsp3) is 0.375. The fourth-order valence-corrected chi connectivity index (χ4v) is 3.65. The summed E-state index contributed by atoms with van der Waals surface area (Å²) in [6.07, 6.45) is 4.83. The molecule has 1 N–H and O–H groups in total. The molecule has 3 rings (SSSR count). The van der Waals surface area contributed by atoms with Gasteiger partial charge in [0.25, 0.3) is 5.88 Å². The molecule has 0 saturated heterocycles. The molecule has 0 radical (unpaired) electrons. The first-order valence-electron chi connectivity index (χ1n) is 10.7. The van der Waals surface area contributed by atoms with Crippen molar-refractivity contribution in [2.45, 2.75) is 44.9 Å². The van der Waals surface area contributed by atoms with Crippen LogP contribution >= 0.6 is 0 Å². The van der Waals surface area contributed by atoms with E-state index in [1.165, 1.54) is 12.0 Å². The Balaban J connectivity index is 1.81. The van der Waals surface area contributed by atoms with Crippen LogP contribution in [0.3, 0.4) is 0 Å². The van der Waals surface area contributed by atoms with E-state index in [0.717, 1.165) is 11.1 Å². The number of fused-ring (bicyclic) bond motifs is 1. The van der Waals surface area contributed by atoms with E-state index in [4.69, 9.17) is 11.2 Å². The summed E-state index contributed by atoms with van der Waals surface area (Å²) in [5, 5.41) is 2.53. The third-order valence-electron chi connectivity index (χ3n) is 5.49. The lowest BCUT2D eigenvalue weighted by atomic mass is 10.0. The van der Waals surface area contributed by atoms with Crippen LogP contribution in [0, 0.1) is 12.3 Å². The van der Waals surface area contributed by atoms with Gasteiger partial charge in [-0.2, -0.15) is 13.2 Å². The van der Waals surface area contributed by atoms with Gasteiger partial charge in [-0.05, 0) is 31.9 Å². The molecule has 0 aliphatic rings. The highest BCUT2D eigenvalue weighted by atomic mass is 19.4. The molecule has 2 heterocycles. The second-order valence-electron chi connectivity index (χ2n) is 7.70. The molecule has 0 aliphatic heterocycles. The Bertz CT molecular complexity index is 1190. The lowest BCUT2D eigenvalue weighted by Gasteiger charge is -2.30. The van der Waals surface area contributed by atoms with E-state index in [9.17, 15) is 18.0 Å². The van der Waals surface area contributed by atoms with E-state index in [-0.39, 0.29) is 12.5 Å². The third kappa shape index (κ3) is 5.78. The fourth-order valence-electron chi connectivity index (χ4n) is 3.65. The number of ether oxygens (including phenoxy) is 1. The second-order valence-corrected chi connectivity index (χ2v) is 7.70. The van der Waals surface area contributed by atoms with Gasteiger partial charge in [0.05, 0.1) is 24.9 Å². The molecule has 2 atom stereocenters. The number of alkyl halides is 3. The number of hydrogen-bond donors (Lipinski definition) is 1. The highest BCUT2D eigenvalue weighted by Crippen LogP contribution is 2.28. The number of benzene rings is 1. The van der Waals surface area contributed by atoms with Crippen LogP contribution in [0.15, 0.2) is 42.9 Å². The summed E-state index contributed by atoms with van der Waals surface area (Å²) in [7, 11) is 1.52. The molecule has 1 aromatic carbocycles. The van der Waals surface area contributed by atoms with Gasteiger partial charge in [0.15, 0.2) is 5.65 Å². The molecule has 2 amide bonds. The number of amides is 2. The van der Waals surface area contributed by atoms with Crippen molar-refractivity contribution in [3.8, 4) is 29.5 Å². The summed E-state index contributed by atoms with van der Waals surface area (Å²) >= 11 is 0. The summed E-state index contributed by atoms with van der Waals surface area (Å²) in [5.41, 5.74) is 2.89. The predicted molar refractivity (Wildman–Crippen MR) is 122 cm³/mol. The average Bonchev–Trinajstić information content (AvgIpc) is 3.29. The van der Waals surface area contributed by atoms with Gasteiger partial charge in [0.1, 0.15) is 0 Å². The van der Waals surface area contributed by atoms with E-state index in [2.05, 4.69) is 21.2 Å². The SMILES string of the molecule is C#CC(CCC(F)(F)F)NC(=O)N(CC)[C@H](C)c1cccc(-c2cn3ccnc3c(OC)n2)c1. The lowest BCUT2D eigenvalue weighted by Crippen LogP contribution is -2.45. The smallest absolute Gasteiger partial charge is 0.389 e. The van der Waals surface area contributed by atoms with Gasteiger partial charge in [0, 0.05) is 37.1 Å². The highest BCUT2D eigenvalue weighted by Gasteiger charge is 2.29. The number of nitrogens with zero attached hydrogens (tertiary/aromatic N) is 4. The van der Waals surface area contributed by atoms with Crippen LogP contribution in [0.5, 0.6) is 5.88 Å². The lowest BCUT2D eigenvalue weighted by molar-refractivity contribution is -0.135. The zero-order valence-electron chi connectivity index (χ0n) is 19.1. The maximum atomic E-state index is 12.8. The normalized spacial score (nSPS) is 13.2. The third-order valence-corrected chi connectivity index (χ3v) is 5.49. The Labute approximate surface area is 196 Å². The molecule has 0 spiro atoms. The number of methoxy groups -OCH3 is 1. The standard InChI is InChI=1S/C24H26F3N5O2/c1-5-19(10-11-24(25,26)27)29-23(33)32(6-2)16(3)17-8-7-9-18(14-17)20-15-31-13-12-28-21(31)22(30-20)34-4/h1,7-9,12-16,19H,6,10-11H2,2-4H3,(H,29,33)/t16-,19?/m1/s1. The largest absolute Gasteiger partial charge is 0.478 e. The molecule has 3 aromatic rings. The van der Waals surface area contributed by atoms with Crippen molar-refractivity contribution in [2.75, 3.05) is 13.7 Å². The summed E-state index contributed by atoms with van der Waals surface area (Å²) in [4.78, 5) is 23.1. The second kappa shape index (κ2) is 10.5. The molecule has 1 unspecified atom stereocenters. The van der Waals surface area contributed by atoms with Crippen LogP contribution in [-0.4, -0.2) is 51.2 Å². The summed E-state index contributed by atoms with van der Waals surface area (Å²) in [6, 6.07) is 5.62. The zero-order valence-corrected chi connectivity index (χ0v) is 19.1. The zero-order chi connectivity index (χ0) is 24.9. The van der Waals surface area contributed by atoms with Crippen molar-refractivity contribution in [3.05, 3.63) is 48.4 Å². The number of carbonyl (C=O) groups excluding carboxylic acids is 1. The molecule has 10 heteroatoms. The molecule has 2 aromatic heterocycles. The average molecular weight is 473 g/mol. The molecule has 180 valence electrons. The number of rotatable bonds is 8. The first kappa shape index (κ1) is 24.9. The van der Waals surface area contributed by atoms with Gasteiger partial charge in [-0.1, -0.05) is 24.1 Å². The molecular formula is C24H26F3N5O2. The quantitative estimate of drug-likeness (QED) is 0.475. The first-order chi connectivity index (χ1) is 16.2. The van der Waals surface area contributed by atoms with Crippen molar-refractivity contribution in [3.63, 3.8) is 0 Å². The van der Waals surface area contributed by atoms with E-state index >= 15 is 0 Å². The van der Waals surface area contributed by atoms with E-state index in [0.29, 0.717) is 23.8 Å². The minimum absolute atomic E-state index is 0.334. The molecular weight excluding hydrogens is 447 g/mol. The van der Waals surface area contributed by atoms with E-state index < -0.39 is 24.7 Å². The van der Waals surface area contributed by atoms with Crippen molar-refractivity contribution >= 4 is 11.7 Å². The minimum atomic E-state index is -4.34. The van der Waals surface area contributed by atoms with Crippen LogP contribution in [0.25, 0.3) is 16.9 Å². The number of halogens is 3. The Kier molecular flexibility index (Phi) is 7.66. The summed E-state index contributed by atoms with van der Waals surface area (Å²) in [6.45, 7) is 3.97. The molecule has 0 fully saturated rings. The van der Waals surface area contributed by atoms with Crippen molar-refractivity contribution in [2.24, 2.45) is 0 Å². The number of nitrogens with one attached hydrogen (secondary N) is 1. The molecule has 34 heavy (non-hydrogen) atoms. The van der Waals surface area contributed by atoms with Crippen molar-refractivity contribution in [1.29, 1.82) is 0 Å². The Morgan fingerprint density at radius 1 is 1.38 bits per heavy atom. The molecule has 0 bridgehead atoms. The molecule has 7 nitrogen and oxygen atoms in total. The highest BCUT2D eigenvalue weighted by molar-refractivity contribution is 5.75. The number of terminal acetylenes is 1. The van der Waals surface area contributed by atoms with E-state index in [1.807, 2.05) is 41.8 Å². The molecule has 0 aliphatic carbocycles. The number of aromatic nitrogens is 3. The predicted octanol–water partition coefficient (Wildman–Crippen LogP) is 4.84. The van der Waals surface area contributed by atoms with Gasteiger partial charge in [-0.3, -0.25) is 0 Å². The van der Waals surface area contributed by atoms with Crippen molar-refractivity contribution < 1.29 is 22.7 Å². The van der Waals surface area contributed by atoms with Crippen LogP contribution < -0.4 is 10.1 Å². The number of carbonyl (C=O) groups is 1. The van der Waals surface area contributed by atoms with Crippen LogP contribution in [-0.2, 0) is 0 Å². The molecule has 0 saturated carbocycles. The first-order valence-corrected chi connectivity index (χ1v) is 10.7. The Morgan fingerprint density at radius 2 is 2.15 bits per heavy atom. The van der Waals surface area contributed by atoms with Gasteiger partial charge in [-0.25, -0.2) is 14.8 Å². The maximum absolute atomic E-state index is 12.8. The summed E-state index contributed by atoms with van der Waals surface area (Å²) in [5.74, 6) is 2.61. The maximum Gasteiger partial charge on any atom is 0.389 e. The minimum Gasteiger partial charge on any atom is -0.478 e. The van der Waals surface area contributed by atoms with Crippen LogP contribution in [0.4, 0.5) is 18.0 Å². The number of hydrogen-bond acceptors (Lipinski definition) is 4. The van der Waals surface area contributed by atoms with E-state index in [1.54, 1.807) is 19.3 Å². The van der Waals surface area contributed by atoms with Crippen molar-refractivity contribution in [1.82, 2.24) is 24.6 Å². The van der Waals surface area contributed by atoms with Gasteiger partial charge >= 0.3 is 12.2 Å². The van der Waals surface area contributed by atoms with Gasteiger partial charge in [-0.15, -0.1) is 6.42 Å². The Morgan fingerprint density at radius 3 is 2.79 bits per heavy atom. The monoisotopic (exact) mass is 473 g/mol. The Hall–Kier alpha value is -3.74. The van der Waals surface area contributed by atoms with Gasteiger partial charge < -0.3 is 19.4 Å².